The van der Waals surface area contributed by atoms with E-state index in [1.807, 2.05) is 36.9 Å². The van der Waals surface area contributed by atoms with Crippen molar-refractivity contribution in [3.05, 3.63) is 76.6 Å². The highest BCUT2D eigenvalue weighted by Gasteiger charge is 2.30. The van der Waals surface area contributed by atoms with E-state index in [0.29, 0.717) is 49.9 Å². The Morgan fingerprint density at radius 1 is 1.07 bits per heavy atom. The van der Waals surface area contributed by atoms with Crippen LogP contribution in [0, 0.1) is 12.7 Å². The van der Waals surface area contributed by atoms with Crippen LogP contribution in [0.25, 0.3) is 0 Å². The molecule has 0 aromatic heterocycles. The Labute approximate surface area is 259 Å². The van der Waals surface area contributed by atoms with Gasteiger partial charge in [-0.15, -0.1) is 0 Å². The average Bonchev–Trinajstić information content (AvgIpc) is 2.95. The fourth-order valence-electron chi connectivity index (χ4n) is 5.26. The lowest BCUT2D eigenvalue weighted by atomic mass is 10.0. The maximum Gasteiger partial charge on any atom is 0.322 e. The van der Waals surface area contributed by atoms with Crippen LogP contribution in [0.1, 0.15) is 51.7 Å². The van der Waals surface area contributed by atoms with Gasteiger partial charge in [0.25, 0.3) is 0 Å². The Hall–Kier alpha value is -3.34. The van der Waals surface area contributed by atoms with Gasteiger partial charge in [0.05, 0.1) is 15.6 Å². The number of urea groups is 1. The molecule has 1 heterocycles. The Kier molecular flexibility index (Phi) is 10.2. The first-order valence-corrected chi connectivity index (χ1v) is 16.4. The molecule has 0 spiro atoms. The molecule has 1 fully saturated rings. The Morgan fingerprint density at radius 3 is 2.42 bits per heavy atom. The van der Waals surface area contributed by atoms with Crippen LogP contribution < -0.4 is 15.0 Å². The molecule has 1 atom stereocenters. The van der Waals surface area contributed by atoms with E-state index in [-0.39, 0.29) is 33.6 Å². The van der Waals surface area contributed by atoms with E-state index >= 15 is 0 Å². The lowest BCUT2D eigenvalue weighted by Gasteiger charge is -2.41. The number of nitrogens with one attached hydrogen (secondary N) is 1. The minimum absolute atomic E-state index is 0.0595. The van der Waals surface area contributed by atoms with Gasteiger partial charge in [-0.05, 0) is 73.4 Å². The summed E-state index contributed by atoms with van der Waals surface area (Å²) in [5, 5.41) is 3.00. The third-order valence-corrected chi connectivity index (χ3v) is 10.1. The lowest BCUT2D eigenvalue weighted by Crippen LogP contribution is -2.55. The Balaban J connectivity index is 1.64. The number of aryl methyl sites for hydroxylation is 1. The minimum Gasteiger partial charge on any atom is -0.455 e. The summed E-state index contributed by atoms with van der Waals surface area (Å²) in [5.41, 5.74) is 2.95. The summed E-state index contributed by atoms with van der Waals surface area (Å²) in [6, 6.07) is 14.6. The number of ether oxygens (including phenoxy) is 1. The number of benzene rings is 3. The van der Waals surface area contributed by atoms with Crippen molar-refractivity contribution >= 4 is 39.0 Å². The molecule has 0 radical (unpaired) electrons. The van der Waals surface area contributed by atoms with Crippen LogP contribution in [0.3, 0.4) is 0 Å². The number of hydrogen-bond acceptors (Lipinski definition) is 5. The summed E-state index contributed by atoms with van der Waals surface area (Å²) >= 11 is 5.85. The molecule has 1 aliphatic rings. The number of nitrogens with zero attached hydrogens (tertiary/aromatic N) is 3. The molecule has 4 rings (SSSR count). The normalized spacial score (nSPS) is 15.7. The zero-order chi connectivity index (χ0) is 31.5. The van der Waals surface area contributed by atoms with Gasteiger partial charge in [-0.1, -0.05) is 51.4 Å². The third kappa shape index (κ3) is 7.25. The van der Waals surface area contributed by atoms with Crippen LogP contribution in [0.2, 0.25) is 5.02 Å². The summed E-state index contributed by atoms with van der Waals surface area (Å²) in [7, 11) is -3.79. The van der Waals surface area contributed by atoms with Crippen molar-refractivity contribution in [1.29, 1.82) is 0 Å². The maximum absolute atomic E-state index is 14.1. The fourth-order valence-corrected chi connectivity index (χ4v) is 6.86. The van der Waals surface area contributed by atoms with Crippen LogP contribution in [0.4, 0.5) is 20.6 Å². The summed E-state index contributed by atoms with van der Waals surface area (Å²) in [5.74, 6) is 0.667. The second-order valence-corrected chi connectivity index (χ2v) is 13.4. The molecule has 232 valence electrons. The molecule has 3 aromatic rings. The van der Waals surface area contributed by atoms with Gasteiger partial charge in [-0.3, -0.25) is 0 Å². The molecule has 3 aromatic carbocycles. The number of amides is 2. The number of hydrogen-bond donors (Lipinski definition) is 1. The summed E-state index contributed by atoms with van der Waals surface area (Å²) < 4.78 is 48.6. The molecule has 0 aliphatic carbocycles. The molecule has 8 nitrogen and oxygen atoms in total. The van der Waals surface area contributed by atoms with Crippen molar-refractivity contribution in [3.8, 4) is 11.5 Å². The monoisotopic (exact) mass is 630 g/mol. The van der Waals surface area contributed by atoms with Crippen molar-refractivity contribution in [3.63, 3.8) is 0 Å². The predicted molar refractivity (Wildman–Crippen MR) is 171 cm³/mol. The van der Waals surface area contributed by atoms with Crippen LogP contribution >= 0.6 is 11.6 Å². The van der Waals surface area contributed by atoms with E-state index in [2.05, 4.69) is 19.2 Å². The highest BCUT2D eigenvalue weighted by Crippen LogP contribution is 2.37. The standard InChI is InChI=1S/C32H40ClFN4O4S/c1-7-37(8-2)43(40,41)25-11-14-30(42-31-17-22(5)9-12-26(31)21(3)4)29(19-25)35-32(39)38-16-15-36(20-23(38)6)24-10-13-27(33)28(34)18-24/h9-14,17-19,21,23H,7-8,15-16,20H2,1-6H3,(H,35,39). The van der Waals surface area contributed by atoms with Crippen molar-refractivity contribution < 1.29 is 22.3 Å². The quantitative estimate of drug-likeness (QED) is 0.265. The topological polar surface area (TPSA) is 82.2 Å². The number of anilines is 2. The van der Waals surface area contributed by atoms with Gasteiger partial charge >= 0.3 is 6.03 Å². The smallest absolute Gasteiger partial charge is 0.322 e. The average molecular weight is 631 g/mol. The molecule has 1 saturated heterocycles. The Morgan fingerprint density at radius 2 is 1.79 bits per heavy atom. The van der Waals surface area contributed by atoms with Gasteiger partial charge < -0.3 is 19.9 Å². The number of carbonyl (C=O) groups is 1. The van der Waals surface area contributed by atoms with Crippen molar-refractivity contribution in [2.24, 2.45) is 0 Å². The Bertz CT molecular complexity index is 1580. The number of halogens is 2. The van der Waals surface area contributed by atoms with Gasteiger partial charge in [-0.2, -0.15) is 4.31 Å². The molecule has 43 heavy (non-hydrogen) atoms. The van der Waals surface area contributed by atoms with Crippen molar-refractivity contribution in [1.82, 2.24) is 9.21 Å². The van der Waals surface area contributed by atoms with E-state index in [0.717, 1.165) is 11.1 Å². The number of sulfonamides is 1. The van der Waals surface area contributed by atoms with Crippen molar-refractivity contribution in [2.45, 2.75) is 58.4 Å². The van der Waals surface area contributed by atoms with Crippen LogP contribution in [0.15, 0.2) is 59.5 Å². The second-order valence-electron chi connectivity index (χ2n) is 11.1. The molecule has 11 heteroatoms. The first kappa shape index (κ1) is 32.6. The molecule has 1 unspecified atom stereocenters. The molecule has 0 bridgehead atoms. The highest BCUT2D eigenvalue weighted by molar-refractivity contribution is 7.89. The fraction of sp³-hybridized carbons (Fsp3) is 0.406. The van der Waals surface area contributed by atoms with E-state index < -0.39 is 15.8 Å². The first-order valence-electron chi connectivity index (χ1n) is 14.6. The largest absolute Gasteiger partial charge is 0.455 e. The molecular formula is C32H40ClFN4O4S. The van der Waals surface area contributed by atoms with Gasteiger partial charge in [0, 0.05) is 44.5 Å². The van der Waals surface area contributed by atoms with Crippen LogP contribution in [-0.2, 0) is 10.0 Å². The van der Waals surface area contributed by atoms with Crippen LogP contribution in [-0.4, -0.2) is 62.4 Å². The van der Waals surface area contributed by atoms with Gasteiger partial charge in [0.1, 0.15) is 11.6 Å². The van der Waals surface area contributed by atoms with Gasteiger partial charge in [0.15, 0.2) is 5.75 Å². The zero-order valence-electron chi connectivity index (χ0n) is 25.5. The molecule has 0 saturated carbocycles. The van der Waals surface area contributed by atoms with E-state index in [4.69, 9.17) is 16.3 Å². The summed E-state index contributed by atoms with van der Waals surface area (Å²) in [4.78, 5) is 17.4. The first-order chi connectivity index (χ1) is 20.3. The summed E-state index contributed by atoms with van der Waals surface area (Å²) in [6.45, 7) is 13.6. The second kappa shape index (κ2) is 13.5. The maximum atomic E-state index is 14.1. The van der Waals surface area contributed by atoms with E-state index in [1.165, 1.54) is 28.6 Å². The van der Waals surface area contributed by atoms with E-state index in [1.54, 1.807) is 30.9 Å². The predicted octanol–water partition coefficient (Wildman–Crippen LogP) is 7.48. The third-order valence-electron chi connectivity index (χ3n) is 7.70. The minimum atomic E-state index is -3.79. The molecular weight excluding hydrogens is 591 g/mol. The number of piperazine rings is 1. The van der Waals surface area contributed by atoms with Gasteiger partial charge in [0.2, 0.25) is 10.0 Å². The molecule has 2 amide bonds. The van der Waals surface area contributed by atoms with Crippen LogP contribution in [0.5, 0.6) is 11.5 Å². The highest BCUT2D eigenvalue weighted by atomic mass is 35.5. The summed E-state index contributed by atoms with van der Waals surface area (Å²) in [6.07, 6.45) is 0. The van der Waals surface area contributed by atoms with Gasteiger partial charge in [-0.25, -0.2) is 17.6 Å². The molecule has 1 N–H and O–H groups in total. The molecule has 1 aliphatic heterocycles. The SMILES string of the molecule is CCN(CC)S(=O)(=O)c1ccc(Oc2cc(C)ccc2C(C)C)c(NC(=O)N2CCN(c3ccc(Cl)c(F)c3)CC2C)c1. The van der Waals surface area contributed by atoms with Crippen molar-refractivity contribution in [2.75, 3.05) is 42.9 Å². The van der Waals surface area contributed by atoms with E-state index in [9.17, 15) is 17.6 Å². The number of carbonyl (C=O) groups excluding carboxylic acids is 1. The zero-order valence-corrected chi connectivity index (χ0v) is 27.1. The number of rotatable bonds is 9. The lowest BCUT2D eigenvalue weighted by molar-refractivity contribution is 0.184.